The minimum Gasteiger partial charge on any atom is -0.171 e. The molecule has 0 radical (unpaired) electrons. The van der Waals surface area contributed by atoms with Gasteiger partial charge in [0.2, 0.25) is 0 Å². The maximum atomic E-state index is 12.7. The lowest BCUT2D eigenvalue weighted by Gasteiger charge is -2.30. The van der Waals surface area contributed by atoms with Crippen molar-refractivity contribution in [2.75, 3.05) is 0 Å². The Morgan fingerprint density at radius 3 is 0.842 bits per heavy atom. The zero-order chi connectivity index (χ0) is 15.4. The van der Waals surface area contributed by atoms with E-state index in [-0.39, 0.29) is 0 Å². The van der Waals surface area contributed by atoms with Crippen LogP contribution in [-0.2, 0) is 0 Å². The van der Waals surface area contributed by atoms with Crippen LogP contribution in [0.25, 0.3) is 0 Å². The first-order valence-electron chi connectivity index (χ1n) is 5.39. The van der Waals surface area contributed by atoms with Crippen LogP contribution in [0.15, 0.2) is 0 Å². The Bertz CT molecular complexity index is 297. The van der Waals surface area contributed by atoms with Crippen LogP contribution in [0.4, 0.5) is 39.5 Å². The Kier molecular flexibility index (Phi) is 3.84. The summed E-state index contributed by atoms with van der Waals surface area (Å²) in [5.74, 6) is -12.9. The second-order valence-corrected chi connectivity index (χ2v) is 4.92. The van der Waals surface area contributed by atoms with Crippen LogP contribution in [0, 0.1) is 29.6 Å². The molecule has 1 saturated carbocycles. The van der Waals surface area contributed by atoms with Gasteiger partial charge in [-0.3, -0.25) is 0 Å². The Morgan fingerprint density at radius 1 is 0.474 bits per heavy atom. The second kappa shape index (κ2) is 4.44. The van der Waals surface area contributed by atoms with Gasteiger partial charge in [-0.25, -0.2) is 0 Å². The van der Waals surface area contributed by atoms with Gasteiger partial charge in [0, 0.05) is 0 Å². The van der Waals surface area contributed by atoms with Gasteiger partial charge < -0.3 is 0 Å². The summed E-state index contributed by atoms with van der Waals surface area (Å²) in [7, 11) is 0. The highest BCUT2D eigenvalue weighted by molar-refractivity contribution is 5.01. The fourth-order valence-corrected chi connectivity index (χ4v) is 2.94. The molecule has 0 saturated heterocycles. The largest absolute Gasteiger partial charge is 0.393 e. The third kappa shape index (κ3) is 2.94. The maximum Gasteiger partial charge on any atom is 0.393 e. The summed E-state index contributed by atoms with van der Waals surface area (Å²) in [6, 6.07) is 0. The van der Waals surface area contributed by atoms with Crippen molar-refractivity contribution in [3.8, 4) is 0 Å². The Hall–Kier alpha value is -0.630. The molecule has 1 aliphatic rings. The molecule has 3 unspecified atom stereocenters. The molecule has 0 aliphatic heterocycles. The van der Waals surface area contributed by atoms with Gasteiger partial charge in [-0.1, -0.05) is 13.8 Å². The average Bonchev–Trinajstić information content (AvgIpc) is 2.36. The number of rotatable bonds is 0. The number of hydrogen-bond donors (Lipinski definition) is 0. The number of alkyl halides is 9. The van der Waals surface area contributed by atoms with Crippen molar-refractivity contribution in [1.82, 2.24) is 0 Å². The predicted molar refractivity (Wildman–Crippen MR) is 47.0 cm³/mol. The molecule has 0 aromatic heterocycles. The summed E-state index contributed by atoms with van der Waals surface area (Å²) >= 11 is 0. The maximum absolute atomic E-state index is 12.7. The van der Waals surface area contributed by atoms with E-state index in [4.69, 9.17) is 0 Å². The summed E-state index contributed by atoms with van der Waals surface area (Å²) in [5, 5.41) is 0. The molecule has 0 nitrogen and oxygen atoms in total. The van der Waals surface area contributed by atoms with E-state index in [2.05, 4.69) is 0 Å². The molecule has 5 atom stereocenters. The first-order valence-corrected chi connectivity index (χ1v) is 5.39. The quantitative estimate of drug-likeness (QED) is 0.563. The van der Waals surface area contributed by atoms with Crippen LogP contribution in [-0.4, -0.2) is 18.5 Å². The van der Waals surface area contributed by atoms with Crippen LogP contribution < -0.4 is 0 Å². The van der Waals surface area contributed by atoms with Crippen molar-refractivity contribution < 1.29 is 39.5 Å². The lowest BCUT2D eigenvalue weighted by Crippen LogP contribution is -2.43. The van der Waals surface area contributed by atoms with Gasteiger partial charge in [-0.05, 0) is 11.8 Å². The van der Waals surface area contributed by atoms with Crippen molar-refractivity contribution in [3.05, 3.63) is 0 Å². The third-order valence-electron chi connectivity index (χ3n) is 3.87. The van der Waals surface area contributed by atoms with E-state index in [1.165, 1.54) is 0 Å². The van der Waals surface area contributed by atoms with Crippen LogP contribution in [0.1, 0.15) is 13.8 Å². The fraction of sp³-hybridized carbons (Fsp3) is 1.00. The van der Waals surface area contributed by atoms with Gasteiger partial charge >= 0.3 is 18.5 Å². The zero-order valence-corrected chi connectivity index (χ0v) is 9.79. The Morgan fingerprint density at radius 2 is 0.684 bits per heavy atom. The normalized spacial score (nSPS) is 37.7. The monoisotopic (exact) mass is 302 g/mol. The van der Waals surface area contributed by atoms with Crippen molar-refractivity contribution in [3.63, 3.8) is 0 Å². The molecule has 0 aromatic carbocycles. The number of hydrogen-bond acceptors (Lipinski definition) is 0. The molecule has 0 spiro atoms. The van der Waals surface area contributed by atoms with E-state index in [9.17, 15) is 39.5 Å². The standard InChI is InChI=1S/C10H11F9/c1-3-4(2)6(9(14,15)16)7(10(17,18)19)5(3)8(11,12)13/h3-7H,1-2H3/t3-,4+,5?,6?,7?. The van der Waals surface area contributed by atoms with Crippen LogP contribution in [0.3, 0.4) is 0 Å². The lowest BCUT2D eigenvalue weighted by atomic mass is 9.85. The summed E-state index contributed by atoms with van der Waals surface area (Å²) < 4.78 is 114. The molecule has 19 heavy (non-hydrogen) atoms. The first kappa shape index (κ1) is 16.4. The molecular formula is C10H11F9. The summed E-state index contributed by atoms with van der Waals surface area (Å²) in [5.41, 5.74) is 0. The van der Waals surface area contributed by atoms with Crippen LogP contribution in [0.2, 0.25) is 0 Å². The van der Waals surface area contributed by atoms with E-state index < -0.39 is 48.1 Å². The van der Waals surface area contributed by atoms with Gasteiger partial charge in [0.15, 0.2) is 0 Å². The molecule has 0 aromatic rings. The van der Waals surface area contributed by atoms with Crippen molar-refractivity contribution in [2.24, 2.45) is 29.6 Å². The molecule has 1 aliphatic carbocycles. The van der Waals surface area contributed by atoms with Gasteiger partial charge in [-0.15, -0.1) is 0 Å². The van der Waals surface area contributed by atoms with E-state index in [1.54, 1.807) is 0 Å². The molecule has 0 N–H and O–H groups in total. The van der Waals surface area contributed by atoms with Crippen molar-refractivity contribution in [1.29, 1.82) is 0 Å². The predicted octanol–water partition coefficient (Wildman–Crippen LogP) is 4.81. The highest BCUT2D eigenvalue weighted by Crippen LogP contribution is 2.61. The molecule has 0 bridgehead atoms. The average molecular weight is 302 g/mol. The summed E-state index contributed by atoms with van der Waals surface area (Å²) in [4.78, 5) is 0. The van der Waals surface area contributed by atoms with Gasteiger partial charge in [0.25, 0.3) is 0 Å². The first-order chi connectivity index (χ1) is 8.19. The third-order valence-corrected chi connectivity index (χ3v) is 3.87. The van der Waals surface area contributed by atoms with Crippen molar-refractivity contribution >= 4 is 0 Å². The minimum absolute atomic E-state index is 0.785. The SMILES string of the molecule is C[C@@H]1C(C(F)(F)F)C(C(F)(F)F)C(C(F)(F)F)[C@@H]1C. The zero-order valence-electron chi connectivity index (χ0n) is 9.79. The van der Waals surface area contributed by atoms with Crippen LogP contribution >= 0.6 is 0 Å². The Labute approximate surface area is 103 Å². The molecular weight excluding hydrogens is 291 g/mol. The molecule has 1 fully saturated rings. The fourth-order valence-electron chi connectivity index (χ4n) is 2.94. The highest BCUT2D eigenvalue weighted by atomic mass is 19.4. The topological polar surface area (TPSA) is 0 Å². The molecule has 114 valence electrons. The summed E-state index contributed by atoms with van der Waals surface area (Å²) in [6.45, 7) is 1.57. The molecule has 0 heterocycles. The molecule has 9 heteroatoms. The minimum atomic E-state index is -5.54. The summed E-state index contributed by atoms with van der Waals surface area (Å²) in [6.07, 6.45) is -16.2. The molecule has 0 amide bonds. The van der Waals surface area contributed by atoms with Gasteiger partial charge in [-0.2, -0.15) is 39.5 Å². The van der Waals surface area contributed by atoms with Gasteiger partial charge in [0.05, 0.1) is 17.8 Å². The number of halogens is 9. The van der Waals surface area contributed by atoms with E-state index in [0.717, 1.165) is 13.8 Å². The van der Waals surface area contributed by atoms with Crippen LogP contribution in [0.5, 0.6) is 0 Å². The smallest absolute Gasteiger partial charge is 0.171 e. The van der Waals surface area contributed by atoms with Crippen molar-refractivity contribution in [2.45, 2.75) is 32.4 Å². The van der Waals surface area contributed by atoms with E-state index in [1.807, 2.05) is 0 Å². The second-order valence-electron chi connectivity index (χ2n) is 4.92. The van der Waals surface area contributed by atoms with E-state index in [0.29, 0.717) is 0 Å². The lowest BCUT2D eigenvalue weighted by molar-refractivity contribution is -0.286. The van der Waals surface area contributed by atoms with E-state index >= 15 is 0 Å². The highest BCUT2D eigenvalue weighted by Gasteiger charge is 2.71. The Balaban J connectivity index is 3.34. The molecule has 1 rings (SSSR count). The van der Waals surface area contributed by atoms with Gasteiger partial charge in [0.1, 0.15) is 0 Å².